The Labute approximate surface area is 335 Å². The molecule has 3 aliphatic carbocycles. The Balaban J connectivity index is 1.33. The number of hydrogen-bond acceptors (Lipinski definition) is 10. The molecular weight excluding hydrogens is 732 g/mol. The van der Waals surface area contributed by atoms with Crippen LogP contribution in [-0.2, 0) is 36.6 Å². The van der Waals surface area contributed by atoms with E-state index in [0.29, 0.717) is 23.8 Å². The second kappa shape index (κ2) is 15.9. The van der Waals surface area contributed by atoms with Crippen LogP contribution in [0, 0.1) is 23.1 Å². The van der Waals surface area contributed by atoms with Crippen LogP contribution in [0.15, 0.2) is 60.8 Å². The first-order chi connectivity index (χ1) is 26.7. The second-order valence-corrected chi connectivity index (χ2v) is 18.0. The number of esters is 1. The third kappa shape index (κ3) is 9.22. The van der Waals surface area contributed by atoms with Gasteiger partial charge in [0.1, 0.15) is 40.7 Å². The number of hydrogen-bond donors (Lipinski definition) is 2. The predicted molar refractivity (Wildman–Crippen MR) is 211 cm³/mol. The first kappa shape index (κ1) is 41.9. The molecule has 4 fully saturated rings. The van der Waals surface area contributed by atoms with Crippen molar-refractivity contribution >= 4 is 25.1 Å². The quantitative estimate of drug-likeness (QED) is 0.142. The van der Waals surface area contributed by atoms with Gasteiger partial charge in [-0.2, -0.15) is 0 Å². The van der Waals surface area contributed by atoms with Gasteiger partial charge in [0, 0.05) is 0 Å². The Morgan fingerprint density at radius 3 is 2.26 bits per heavy atom. The number of carbonyl (C=O) groups is 3. The van der Waals surface area contributed by atoms with E-state index in [1.165, 1.54) is 25.4 Å². The van der Waals surface area contributed by atoms with E-state index in [0.717, 1.165) is 18.4 Å². The fourth-order valence-corrected chi connectivity index (χ4v) is 8.39. The zero-order valence-electron chi connectivity index (χ0n) is 34.6. The summed E-state index contributed by atoms with van der Waals surface area (Å²) >= 11 is 0. The minimum atomic E-state index is -1.33. The van der Waals surface area contributed by atoms with E-state index < -0.39 is 59.7 Å². The molecule has 57 heavy (non-hydrogen) atoms. The minimum Gasteiger partial charge on any atom is -0.495 e. The Hall–Kier alpha value is -4.69. The van der Waals surface area contributed by atoms with Crippen molar-refractivity contribution in [1.82, 2.24) is 15.6 Å². The van der Waals surface area contributed by atoms with E-state index in [-0.39, 0.29) is 40.9 Å². The average Bonchev–Trinajstić information content (AvgIpc) is 3.49. The molecule has 12 nitrogen and oxygen atoms in total. The van der Waals surface area contributed by atoms with Crippen LogP contribution in [0.2, 0.25) is 0 Å². The van der Waals surface area contributed by atoms with Crippen molar-refractivity contribution in [3.05, 3.63) is 89.0 Å². The number of aromatic nitrogens is 1. The Morgan fingerprint density at radius 1 is 0.947 bits per heavy atom. The summed E-state index contributed by atoms with van der Waals surface area (Å²) in [7, 11) is 0.384. The lowest BCUT2D eigenvalue weighted by atomic mass is 9.43. The third-order valence-electron chi connectivity index (χ3n) is 11.3. The third-order valence-corrected chi connectivity index (χ3v) is 11.3. The maximum atomic E-state index is 15.4. The van der Waals surface area contributed by atoms with Gasteiger partial charge in [-0.05, 0) is 114 Å². The maximum absolute atomic E-state index is 15.4. The first-order valence-corrected chi connectivity index (χ1v) is 19.5. The molecule has 1 saturated heterocycles. The van der Waals surface area contributed by atoms with Crippen LogP contribution in [0.25, 0.3) is 0 Å². The number of methoxy groups -OCH3 is 1. The average molecular weight is 788 g/mol. The Bertz CT molecular complexity index is 1950. The fraction of sp³-hybridized carbons (Fsp3) is 0.535. The van der Waals surface area contributed by atoms with Crippen molar-refractivity contribution in [1.29, 1.82) is 0 Å². The lowest BCUT2D eigenvalue weighted by Crippen LogP contribution is -2.65. The molecular formula is C43H55BFN3O9. The number of halogens is 1. The number of ether oxygens (including phenoxy) is 4. The van der Waals surface area contributed by atoms with Crippen LogP contribution in [0.5, 0.6) is 11.5 Å². The highest BCUT2D eigenvalue weighted by Crippen LogP contribution is 2.65. The molecule has 306 valence electrons. The van der Waals surface area contributed by atoms with Crippen LogP contribution in [-0.4, -0.2) is 66.0 Å². The summed E-state index contributed by atoms with van der Waals surface area (Å²) in [4.78, 5) is 45.6. The van der Waals surface area contributed by atoms with E-state index in [2.05, 4.69) is 36.4 Å². The summed E-state index contributed by atoms with van der Waals surface area (Å²) in [5.74, 6) is -2.14. The van der Waals surface area contributed by atoms with Gasteiger partial charge in [0.15, 0.2) is 6.04 Å². The minimum absolute atomic E-state index is 0.00516. The molecule has 14 heteroatoms. The summed E-state index contributed by atoms with van der Waals surface area (Å²) in [5, 5.41) is 5.76. The zero-order chi connectivity index (χ0) is 41.5. The second-order valence-electron chi connectivity index (χ2n) is 18.0. The summed E-state index contributed by atoms with van der Waals surface area (Å²) < 4.78 is 51.6. The number of benzene rings is 2. The molecule has 3 unspecified atom stereocenters. The molecule has 2 bridgehead atoms. The van der Waals surface area contributed by atoms with Gasteiger partial charge in [0.25, 0.3) is 0 Å². The van der Waals surface area contributed by atoms with E-state index >= 15 is 4.39 Å². The van der Waals surface area contributed by atoms with Crippen LogP contribution >= 0.6 is 0 Å². The summed E-state index contributed by atoms with van der Waals surface area (Å²) in [6.07, 6.45) is 2.22. The van der Waals surface area contributed by atoms with Gasteiger partial charge < -0.3 is 38.9 Å². The van der Waals surface area contributed by atoms with Crippen molar-refractivity contribution in [3.8, 4) is 11.5 Å². The van der Waals surface area contributed by atoms with E-state index in [1.807, 2.05) is 30.3 Å². The number of pyridine rings is 1. The fourth-order valence-electron chi connectivity index (χ4n) is 8.39. The largest absolute Gasteiger partial charge is 0.495 e. The number of amides is 2. The number of rotatable bonds is 12. The van der Waals surface area contributed by atoms with Crippen molar-refractivity contribution in [3.63, 3.8) is 0 Å². The van der Waals surface area contributed by atoms with Crippen molar-refractivity contribution in [2.24, 2.45) is 17.3 Å². The van der Waals surface area contributed by atoms with Crippen LogP contribution in [0.1, 0.15) is 108 Å². The van der Waals surface area contributed by atoms with Gasteiger partial charge in [0.2, 0.25) is 5.91 Å². The van der Waals surface area contributed by atoms with Gasteiger partial charge in [-0.1, -0.05) is 50.2 Å². The van der Waals surface area contributed by atoms with E-state index in [4.69, 9.17) is 28.3 Å². The molecule has 1 aliphatic heterocycles. The molecule has 3 aromatic rings. The van der Waals surface area contributed by atoms with Crippen molar-refractivity contribution in [2.75, 3.05) is 7.11 Å². The van der Waals surface area contributed by atoms with E-state index in [9.17, 15) is 14.4 Å². The summed E-state index contributed by atoms with van der Waals surface area (Å²) in [6, 6.07) is 14.3. The normalized spacial score (nSPS) is 23.3. The molecule has 2 N–H and O–H groups in total. The molecule has 7 rings (SSSR count). The molecule has 4 aliphatic rings. The summed E-state index contributed by atoms with van der Waals surface area (Å²) in [6.45, 7) is 17.1. The molecule has 6 atom stereocenters. The lowest BCUT2D eigenvalue weighted by molar-refractivity contribution is -0.199. The molecule has 0 spiro atoms. The number of nitrogens with one attached hydrogen (secondary N) is 2. The topological polar surface area (TPSA) is 144 Å². The molecule has 2 amide bonds. The molecule has 2 aromatic carbocycles. The highest BCUT2D eigenvalue weighted by molar-refractivity contribution is 6.48. The smallest absolute Gasteiger partial charge is 0.482 e. The first-order valence-electron chi connectivity index (χ1n) is 19.5. The Kier molecular flexibility index (Phi) is 11.7. The number of carbonyl (C=O) groups excluding carboxylic acids is 3. The summed E-state index contributed by atoms with van der Waals surface area (Å²) in [5.41, 5.74) is -1.12. The zero-order valence-corrected chi connectivity index (χ0v) is 34.6. The molecule has 3 saturated carbocycles. The van der Waals surface area contributed by atoms with Gasteiger partial charge >= 0.3 is 19.2 Å². The van der Waals surface area contributed by atoms with Gasteiger partial charge in [0.05, 0.1) is 36.6 Å². The van der Waals surface area contributed by atoms with E-state index in [1.54, 1.807) is 53.7 Å². The van der Waals surface area contributed by atoms with Crippen LogP contribution in [0.3, 0.4) is 0 Å². The number of nitrogens with zero attached hydrogens (tertiary/aromatic N) is 1. The van der Waals surface area contributed by atoms with Gasteiger partial charge in [-0.25, -0.2) is 14.0 Å². The van der Waals surface area contributed by atoms with Crippen LogP contribution < -0.4 is 20.1 Å². The van der Waals surface area contributed by atoms with Crippen molar-refractivity contribution in [2.45, 2.75) is 123 Å². The van der Waals surface area contributed by atoms with Crippen molar-refractivity contribution < 1.29 is 47.0 Å². The standard InChI is InChI=1S/C43H55BFN3O9/c1-40(2,3)54-38(50)34-29(45)18-16-26(36(34)52-10)20-33(44-56-32-22-27-21-31(42(27,7)8)43(32,9)57-44)47-37(49)35(48-39(51)55-41(4,5)6)30-19-17-28(23-46-30)53-24-25-14-12-11-13-15-25/h11-19,23,27,31-33,35H,20-22,24H2,1-10H3,(H,47,49)(H,48,51)/t27-,31-,32?,33?,35?,43-/m0/s1. The van der Waals surface area contributed by atoms with Gasteiger partial charge in [-0.15, -0.1) is 0 Å². The predicted octanol–water partition coefficient (Wildman–Crippen LogP) is 7.32. The molecule has 0 radical (unpaired) electrons. The SMILES string of the molecule is COc1c(CC(NC(=O)C(NC(=O)OC(C)(C)C)c2ccc(OCc3ccccc3)cn2)B2OC3C[C@@H]4C[C@@H](C4(C)C)[C@]3(C)O2)ccc(F)c1C(=O)OC(C)(C)C. The lowest BCUT2D eigenvalue weighted by Gasteiger charge is -2.64. The monoisotopic (exact) mass is 787 g/mol. The van der Waals surface area contributed by atoms with Crippen LogP contribution in [0.4, 0.5) is 9.18 Å². The highest BCUT2D eigenvalue weighted by Gasteiger charge is 2.68. The highest BCUT2D eigenvalue weighted by atomic mass is 19.1. The Morgan fingerprint density at radius 2 is 1.65 bits per heavy atom. The van der Waals surface area contributed by atoms with Gasteiger partial charge in [-0.3, -0.25) is 9.78 Å². The molecule has 1 aromatic heterocycles. The number of alkyl carbamates (subject to hydrolysis) is 1. The molecule has 2 heterocycles. The maximum Gasteiger partial charge on any atom is 0.482 e.